The third kappa shape index (κ3) is 4.29. The van der Waals surface area contributed by atoms with Gasteiger partial charge in [-0.2, -0.15) is 0 Å². The Morgan fingerprint density at radius 2 is 1.89 bits per heavy atom. The van der Waals surface area contributed by atoms with Crippen molar-refractivity contribution in [2.24, 2.45) is 23.7 Å². The fourth-order valence-electron chi connectivity index (χ4n) is 3.67. The Balaban J connectivity index is 2.62. The summed E-state index contributed by atoms with van der Waals surface area (Å²) in [5.41, 5.74) is 0. The first-order valence-corrected chi connectivity index (χ1v) is 7.85. The van der Waals surface area contributed by atoms with Crippen LogP contribution < -0.4 is 0 Å². The zero-order valence-electron chi connectivity index (χ0n) is 12.3. The van der Waals surface area contributed by atoms with E-state index < -0.39 is 5.97 Å². The van der Waals surface area contributed by atoms with Crippen LogP contribution in [0.3, 0.4) is 0 Å². The van der Waals surface area contributed by atoms with Crippen LogP contribution in [-0.2, 0) is 4.79 Å². The quantitative estimate of drug-likeness (QED) is 0.713. The molecule has 0 aromatic rings. The summed E-state index contributed by atoms with van der Waals surface area (Å²) in [6.45, 7) is 6.70. The first kappa shape index (κ1) is 15.5. The van der Waals surface area contributed by atoms with Crippen LogP contribution in [0.25, 0.3) is 0 Å². The van der Waals surface area contributed by atoms with Gasteiger partial charge < -0.3 is 5.11 Å². The van der Waals surface area contributed by atoms with E-state index in [1.807, 2.05) is 0 Å². The van der Waals surface area contributed by atoms with Crippen molar-refractivity contribution < 1.29 is 9.90 Å². The van der Waals surface area contributed by atoms with E-state index in [1.54, 1.807) is 0 Å². The Hall–Kier alpha value is -0.530. The number of carboxylic acids is 1. The molecule has 0 saturated heterocycles. The van der Waals surface area contributed by atoms with Crippen LogP contribution in [0.5, 0.6) is 0 Å². The van der Waals surface area contributed by atoms with Crippen LogP contribution in [0.1, 0.15) is 72.1 Å². The van der Waals surface area contributed by atoms with Gasteiger partial charge in [0, 0.05) is 0 Å². The highest BCUT2D eigenvalue weighted by Gasteiger charge is 2.35. The fraction of sp³-hybridized carbons (Fsp3) is 0.938. The van der Waals surface area contributed by atoms with Gasteiger partial charge in [0.15, 0.2) is 0 Å². The van der Waals surface area contributed by atoms with Gasteiger partial charge in [-0.1, -0.05) is 46.5 Å². The summed E-state index contributed by atoms with van der Waals surface area (Å²) in [4.78, 5) is 11.4. The highest BCUT2D eigenvalue weighted by atomic mass is 16.4. The predicted octanol–water partition coefficient (Wildman–Crippen LogP) is 4.73. The molecule has 18 heavy (non-hydrogen) atoms. The molecule has 2 heteroatoms. The molecular formula is C16H30O2. The average molecular weight is 254 g/mol. The second kappa shape index (κ2) is 7.81. The molecule has 1 saturated carbocycles. The Kier molecular flexibility index (Phi) is 6.73. The molecule has 1 rings (SSSR count). The minimum absolute atomic E-state index is 0.0706. The largest absolute Gasteiger partial charge is 0.481 e. The van der Waals surface area contributed by atoms with Crippen LogP contribution in [-0.4, -0.2) is 11.1 Å². The van der Waals surface area contributed by atoms with Crippen LogP contribution in [0, 0.1) is 23.7 Å². The highest BCUT2D eigenvalue weighted by molar-refractivity contribution is 5.70. The Morgan fingerprint density at radius 3 is 2.39 bits per heavy atom. The predicted molar refractivity (Wildman–Crippen MR) is 75.6 cm³/mol. The number of aliphatic carboxylic acids is 1. The maximum Gasteiger partial charge on any atom is 0.306 e. The standard InChI is InChI=1S/C16H30O2/c1-4-7-13-8-9-15(16(17)18)14(11-13)10-12(5-2)6-3/h12-15H,4-11H2,1-3H3,(H,17,18). The Labute approximate surface area is 112 Å². The molecule has 1 aliphatic carbocycles. The molecule has 3 unspecified atom stereocenters. The average Bonchev–Trinajstić information content (AvgIpc) is 2.36. The van der Waals surface area contributed by atoms with E-state index in [0.29, 0.717) is 5.92 Å². The van der Waals surface area contributed by atoms with Crippen molar-refractivity contribution >= 4 is 5.97 Å². The van der Waals surface area contributed by atoms with Crippen molar-refractivity contribution in [3.8, 4) is 0 Å². The van der Waals surface area contributed by atoms with E-state index in [1.165, 1.54) is 25.7 Å². The van der Waals surface area contributed by atoms with E-state index in [2.05, 4.69) is 20.8 Å². The number of carbonyl (C=O) groups is 1. The Bertz CT molecular complexity index is 245. The van der Waals surface area contributed by atoms with Gasteiger partial charge in [0.2, 0.25) is 0 Å². The summed E-state index contributed by atoms with van der Waals surface area (Å²) in [6.07, 6.45) is 9.22. The SMILES string of the molecule is CCCC1CCC(C(=O)O)C(CC(CC)CC)C1. The normalized spacial score (nSPS) is 28.6. The van der Waals surface area contributed by atoms with Crippen molar-refractivity contribution in [2.45, 2.75) is 72.1 Å². The minimum atomic E-state index is -0.555. The first-order chi connectivity index (χ1) is 8.62. The van der Waals surface area contributed by atoms with Crippen LogP contribution >= 0.6 is 0 Å². The fourth-order valence-corrected chi connectivity index (χ4v) is 3.67. The summed E-state index contributed by atoms with van der Waals surface area (Å²) in [6, 6.07) is 0. The van der Waals surface area contributed by atoms with Crippen molar-refractivity contribution in [3.63, 3.8) is 0 Å². The minimum Gasteiger partial charge on any atom is -0.481 e. The lowest BCUT2D eigenvalue weighted by Crippen LogP contribution is -2.32. The van der Waals surface area contributed by atoms with E-state index in [4.69, 9.17) is 0 Å². The zero-order chi connectivity index (χ0) is 13.5. The molecule has 0 aromatic carbocycles. The molecule has 0 aromatic heterocycles. The molecule has 0 amide bonds. The molecule has 3 atom stereocenters. The van der Waals surface area contributed by atoms with Crippen molar-refractivity contribution in [1.82, 2.24) is 0 Å². The number of rotatable bonds is 7. The Morgan fingerprint density at radius 1 is 1.22 bits per heavy atom. The summed E-state index contributed by atoms with van der Waals surface area (Å²) in [5, 5.41) is 9.38. The van der Waals surface area contributed by atoms with E-state index in [0.717, 1.165) is 37.5 Å². The molecule has 2 nitrogen and oxygen atoms in total. The summed E-state index contributed by atoms with van der Waals surface area (Å²) < 4.78 is 0. The van der Waals surface area contributed by atoms with Gasteiger partial charge in [-0.3, -0.25) is 4.79 Å². The van der Waals surface area contributed by atoms with Gasteiger partial charge in [-0.25, -0.2) is 0 Å². The van der Waals surface area contributed by atoms with Crippen molar-refractivity contribution in [2.75, 3.05) is 0 Å². The van der Waals surface area contributed by atoms with E-state index in [-0.39, 0.29) is 5.92 Å². The van der Waals surface area contributed by atoms with E-state index in [9.17, 15) is 9.90 Å². The van der Waals surface area contributed by atoms with Gasteiger partial charge in [-0.15, -0.1) is 0 Å². The third-order valence-corrected chi connectivity index (χ3v) is 4.90. The van der Waals surface area contributed by atoms with Gasteiger partial charge in [0.05, 0.1) is 5.92 Å². The lowest BCUT2D eigenvalue weighted by molar-refractivity contribution is -0.145. The van der Waals surface area contributed by atoms with E-state index >= 15 is 0 Å². The lowest BCUT2D eigenvalue weighted by atomic mass is 9.69. The van der Waals surface area contributed by atoms with Gasteiger partial charge in [-0.05, 0) is 43.4 Å². The van der Waals surface area contributed by atoms with Gasteiger partial charge in [0.25, 0.3) is 0 Å². The first-order valence-electron chi connectivity index (χ1n) is 7.85. The third-order valence-electron chi connectivity index (χ3n) is 4.90. The monoisotopic (exact) mass is 254 g/mol. The smallest absolute Gasteiger partial charge is 0.306 e. The number of hydrogen-bond donors (Lipinski definition) is 1. The maximum atomic E-state index is 11.4. The molecule has 1 N–H and O–H groups in total. The molecule has 0 aliphatic heterocycles. The lowest BCUT2D eigenvalue weighted by Gasteiger charge is -2.35. The number of hydrogen-bond acceptors (Lipinski definition) is 1. The van der Waals surface area contributed by atoms with Crippen molar-refractivity contribution in [1.29, 1.82) is 0 Å². The molecule has 0 bridgehead atoms. The number of carboxylic acid groups (broad SMARTS) is 1. The van der Waals surface area contributed by atoms with Crippen LogP contribution in [0.2, 0.25) is 0 Å². The highest BCUT2D eigenvalue weighted by Crippen LogP contribution is 2.40. The van der Waals surface area contributed by atoms with Crippen LogP contribution in [0.15, 0.2) is 0 Å². The molecule has 1 fully saturated rings. The molecule has 1 aliphatic rings. The second-order valence-electron chi connectivity index (χ2n) is 6.09. The molecule has 0 radical (unpaired) electrons. The van der Waals surface area contributed by atoms with Gasteiger partial charge in [0.1, 0.15) is 0 Å². The second-order valence-corrected chi connectivity index (χ2v) is 6.09. The van der Waals surface area contributed by atoms with Crippen LogP contribution in [0.4, 0.5) is 0 Å². The topological polar surface area (TPSA) is 37.3 Å². The van der Waals surface area contributed by atoms with Gasteiger partial charge >= 0.3 is 5.97 Å². The summed E-state index contributed by atoms with van der Waals surface area (Å²) in [5.74, 6) is 1.31. The zero-order valence-corrected chi connectivity index (χ0v) is 12.3. The van der Waals surface area contributed by atoms with Crippen molar-refractivity contribution in [3.05, 3.63) is 0 Å². The molecule has 106 valence electrons. The maximum absolute atomic E-state index is 11.4. The summed E-state index contributed by atoms with van der Waals surface area (Å²) >= 11 is 0. The molecule has 0 spiro atoms. The molecular weight excluding hydrogens is 224 g/mol. The summed E-state index contributed by atoms with van der Waals surface area (Å²) in [7, 11) is 0. The molecule has 0 heterocycles.